The molecule has 0 saturated carbocycles. The fourth-order valence-electron chi connectivity index (χ4n) is 2.42. The molecule has 0 aromatic carbocycles. The average molecular weight is 415 g/mol. The number of hydrogen-bond donors (Lipinski definition) is 2. The van der Waals surface area contributed by atoms with E-state index in [-0.39, 0.29) is 0 Å². The first-order valence-electron chi connectivity index (χ1n) is 9.63. The van der Waals surface area contributed by atoms with Crippen LogP contribution in [0.15, 0.2) is 42.3 Å². The lowest BCUT2D eigenvalue weighted by molar-refractivity contribution is -0.182. The lowest BCUT2D eigenvalue weighted by atomic mass is 10.4. The minimum Gasteiger partial charge on any atom is -0.472 e. The van der Waals surface area contributed by atoms with Crippen LogP contribution in [-0.2, 0) is 22.9 Å². The van der Waals surface area contributed by atoms with Gasteiger partial charge in [-0.25, -0.2) is 10.3 Å². The third-order valence-corrected chi connectivity index (χ3v) is 6.56. The maximum Gasteiger partial charge on any atom is 0.500 e. The third-order valence-electron chi connectivity index (χ3n) is 3.40. The van der Waals surface area contributed by atoms with Crippen LogP contribution in [-0.4, -0.2) is 59.6 Å². The van der Waals surface area contributed by atoms with Crippen molar-refractivity contribution in [2.75, 3.05) is 39.6 Å². The van der Waals surface area contributed by atoms with E-state index in [2.05, 4.69) is 29.0 Å². The van der Waals surface area contributed by atoms with Gasteiger partial charge < -0.3 is 23.3 Å². The molecule has 0 aliphatic carbocycles. The van der Waals surface area contributed by atoms with Gasteiger partial charge in [0.25, 0.3) is 0 Å². The summed E-state index contributed by atoms with van der Waals surface area (Å²) >= 11 is 0. The quantitative estimate of drug-likeness (QED) is 0.226. The topological polar surface area (TPSA) is 85.8 Å². The summed E-state index contributed by atoms with van der Waals surface area (Å²) in [7, 11) is -2.63. The second-order valence-electron chi connectivity index (χ2n) is 5.58. The van der Waals surface area contributed by atoms with Gasteiger partial charge in [0.05, 0.1) is 6.61 Å². The molecule has 0 aromatic heterocycles. The highest BCUT2D eigenvalue weighted by Crippen LogP contribution is 2.18. The van der Waals surface area contributed by atoms with Crippen LogP contribution >= 0.6 is 0 Å². The van der Waals surface area contributed by atoms with Gasteiger partial charge in [-0.1, -0.05) is 29.1 Å². The van der Waals surface area contributed by atoms with Crippen molar-refractivity contribution in [1.29, 1.82) is 0 Å². The van der Waals surface area contributed by atoms with Crippen molar-refractivity contribution in [3.8, 4) is 0 Å². The van der Waals surface area contributed by atoms with Gasteiger partial charge in [0.1, 0.15) is 12.4 Å². The Morgan fingerprint density at radius 1 is 1.11 bits per heavy atom. The van der Waals surface area contributed by atoms with Crippen LogP contribution in [0.5, 0.6) is 0 Å². The minimum absolute atomic E-state index is 0.309. The zero-order valence-corrected chi connectivity index (χ0v) is 18.2. The summed E-state index contributed by atoms with van der Waals surface area (Å²) < 4.78 is 23.1. The molecule has 1 aliphatic heterocycles. The summed E-state index contributed by atoms with van der Waals surface area (Å²) in [6.07, 6.45) is 5.86. The summed E-state index contributed by atoms with van der Waals surface area (Å²) in [6, 6.07) is 0.730. The predicted octanol–water partition coefficient (Wildman–Crippen LogP) is 2.31. The number of ether oxygens (including phenoxy) is 1. The molecule has 0 aromatic rings. The summed E-state index contributed by atoms with van der Waals surface area (Å²) in [5, 5.41) is 8.72. The molecular formula is C18H34N4O5Si. The van der Waals surface area contributed by atoms with E-state index in [1.165, 1.54) is 5.28 Å². The van der Waals surface area contributed by atoms with E-state index in [4.69, 9.17) is 22.9 Å². The smallest absolute Gasteiger partial charge is 0.472 e. The van der Waals surface area contributed by atoms with E-state index in [1.807, 2.05) is 20.8 Å². The second kappa shape index (κ2) is 14.2. The van der Waals surface area contributed by atoms with Crippen LogP contribution in [0, 0.1) is 0 Å². The molecule has 0 radical (unpaired) electrons. The summed E-state index contributed by atoms with van der Waals surface area (Å²) in [5.74, 6) is 1.11. The minimum atomic E-state index is -2.63. The van der Waals surface area contributed by atoms with Gasteiger partial charge in [0.15, 0.2) is 0 Å². The molecule has 0 unspecified atom stereocenters. The zero-order chi connectivity index (χ0) is 20.7. The Balaban J connectivity index is 2.60. The molecule has 160 valence electrons. The van der Waals surface area contributed by atoms with E-state index in [9.17, 15) is 0 Å². The molecule has 1 aliphatic rings. The largest absolute Gasteiger partial charge is 0.500 e. The fraction of sp³-hybridized carbons (Fsp3) is 0.611. The van der Waals surface area contributed by atoms with E-state index in [0.29, 0.717) is 51.3 Å². The number of rotatable bonds is 16. The van der Waals surface area contributed by atoms with E-state index < -0.39 is 8.80 Å². The summed E-state index contributed by atoms with van der Waals surface area (Å²) in [6.45, 7) is 16.2. The normalized spacial score (nSPS) is 14.0. The molecule has 2 N–H and O–H groups in total. The van der Waals surface area contributed by atoms with Crippen LogP contribution in [0.25, 0.3) is 0 Å². The van der Waals surface area contributed by atoms with Crippen molar-refractivity contribution in [3.63, 3.8) is 0 Å². The van der Waals surface area contributed by atoms with Gasteiger partial charge in [-0.3, -0.25) is 0 Å². The molecule has 0 amide bonds. The number of nitrogens with one attached hydrogen (secondary N) is 2. The second-order valence-corrected chi connectivity index (χ2v) is 8.31. The number of hydrogen-bond acceptors (Lipinski definition) is 9. The van der Waals surface area contributed by atoms with Crippen molar-refractivity contribution in [2.45, 2.75) is 33.2 Å². The fourth-order valence-corrected chi connectivity index (χ4v) is 5.03. The van der Waals surface area contributed by atoms with Gasteiger partial charge in [-0.05, 0) is 27.2 Å². The maximum absolute atomic E-state index is 5.88. The Bertz CT molecular complexity index is 513. The highest BCUT2D eigenvalue weighted by atomic mass is 28.4. The first-order chi connectivity index (χ1) is 13.6. The van der Waals surface area contributed by atoms with E-state index >= 15 is 0 Å². The van der Waals surface area contributed by atoms with Gasteiger partial charge in [0, 0.05) is 38.5 Å². The molecular weight excluding hydrogens is 380 g/mol. The Morgan fingerprint density at radius 2 is 1.75 bits per heavy atom. The SMILES string of the molecule is C=CCOC1=NN(OCC=C)NC(NCCC[Si](OCC)(OCC)OCC)=C1. The Morgan fingerprint density at radius 3 is 2.32 bits per heavy atom. The van der Waals surface area contributed by atoms with Crippen molar-refractivity contribution >= 4 is 14.7 Å². The first-order valence-corrected chi connectivity index (χ1v) is 11.6. The molecule has 1 rings (SSSR count). The molecule has 0 fully saturated rings. The lowest BCUT2D eigenvalue weighted by Crippen LogP contribution is -2.46. The molecule has 0 saturated heterocycles. The Labute approximate surface area is 169 Å². The average Bonchev–Trinajstić information content (AvgIpc) is 2.69. The first kappa shape index (κ1) is 24.2. The number of hydrazine groups is 1. The third kappa shape index (κ3) is 8.89. The van der Waals surface area contributed by atoms with Gasteiger partial charge in [-0.15, -0.1) is 6.58 Å². The van der Waals surface area contributed by atoms with Crippen LogP contribution in [0.4, 0.5) is 0 Å². The monoisotopic (exact) mass is 414 g/mol. The van der Waals surface area contributed by atoms with Crippen molar-refractivity contribution in [1.82, 2.24) is 16.0 Å². The molecule has 1 heterocycles. The van der Waals surface area contributed by atoms with Crippen LogP contribution in [0.1, 0.15) is 27.2 Å². The van der Waals surface area contributed by atoms with E-state index in [0.717, 1.165) is 12.5 Å². The zero-order valence-electron chi connectivity index (χ0n) is 17.2. The van der Waals surface area contributed by atoms with Crippen LogP contribution in [0.3, 0.4) is 0 Å². The summed E-state index contributed by atoms with van der Waals surface area (Å²) in [5.41, 5.74) is 3.01. The predicted molar refractivity (Wildman–Crippen MR) is 111 cm³/mol. The molecule has 9 nitrogen and oxygen atoms in total. The van der Waals surface area contributed by atoms with Crippen molar-refractivity contribution in [2.24, 2.45) is 5.10 Å². The van der Waals surface area contributed by atoms with Crippen LogP contribution in [0.2, 0.25) is 6.04 Å². The van der Waals surface area contributed by atoms with E-state index in [1.54, 1.807) is 18.2 Å². The highest BCUT2D eigenvalue weighted by molar-refractivity contribution is 6.60. The number of nitrogens with zero attached hydrogens (tertiary/aromatic N) is 2. The van der Waals surface area contributed by atoms with Gasteiger partial charge in [-0.2, -0.15) is 0 Å². The molecule has 0 spiro atoms. The molecule has 10 heteroatoms. The van der Waals surface area contributed by atoms with Gasteiger partial charge in [0.2, 0.25) is 5.90 Å². The Hall–Kier alpha value is -1.85. The standard InChI is InChI=1S/C18H34N4O5Si/c1-6-13-23-18-16-17(20-22(21-18)24-14-7-2)19-12-11-15-28(25-8-3,26-9-4)27-10-5/h6-7,16,19-20H,1-2,8-15H2,3-5H3. The van der Waals surface area contributed by atoms with Crippen molar-refractivity contribution < 1.29 is 22.9 Å². The molecule has 0 atom stereocenters. The van der Waals surface area contributed by atoms with Crippen LogP contribution < -0.4 is 10.7 Å². The molecule has 28 heavy (non-hydrogen) atoms. The Kier molecular flexibility index (Phi) is 12.3. The van der Waals surface area contributed by atoms with Gasteiger partial charge >= 0.3 is 8.80 Å². The number of hydrazone groups is 1. The molecule has 0 bridgehead atoms. The maximum atomic E-state index is 5.88. The summed E-state index contributed by atoms with van der Waals surface area (Å²) in [4.78, 5) is 5.41. The lowest BCUT2D eigenvalue weighted by Gasteiger charge is -2.29. The van der Waals surface area contributed by atoms with Crippen molar-refractivity contribution in [3.05, 3.63) is 37.2 Å². The highest BCUT2D eigenvalue weighted by Gasteiger charge is 2.39.